The van der Waals surface area contributed by atoms with Crippen molar-refractivity contribution >= 4 is 26.8 Å². The van der Waals surface area contributed by atoms with E-state index in [2.05, 4.69) is 52.1 Å². The normalized spacial score (nSPS) is 10.8. The maximum atomic E-state index is 5.97. The summed E-state index contributed by atoms with van der Waals surface area (Å²) in [5.41, 5.74) is 3.30. The van der Waals surface area contributed by atoms with Crippen LogP contribution in [0.2, 0.25) is 0 Å². The molecule has 0 fully saturated rings. The minimum absolute atomic E-state index is 0.662. The second-order valence-electron chi connectivity index (χ2n) is 4.88. The lowest BCUT2D eigenvalue weighted by Gasteiger charge is -2.10. The Balaban J connectivity index is 1.97. The number of benzene rings is 2. The minimum atomic E-state index is 0.662. The van der Waals surface area contributed by atoms with E-state index in [-0.39, 0.29) is 0 Å². The van der Waals surface area contributed by atoms with E-state index in [0.717, 1.165) is 28.6 Å². The average molecular weight is 342 g/mol. The van der Waals surface area contributed by atoms with E-state index in [4.69, 9.17) is 4.74 Å². The minimum Gasteiger partial charge on any atom is -0.439 e. The number of fused-ring (bicyclic) bond motifs is 1. The molecule has 0 N–H and O–H groups in total. The number of nitrogens with zero attached hydrogens (tertiary/aromatic N) is 1. The highest BCUT2D eigenvalue weighted by Gasteiger charge is 2.08. The third-order valence-corrected chi connectivity index (χ3v) is 4.06. The summed E-state index contributed by atoms with van der Waals surface area (Å²) < 4.78 is 5.97. The molecule has 0 unspecified atom stereocenters. The molecule has 21 heavy (non-hydrogen) atoms. The van der Waals surface area contributed by atoms with E-state index in [1.807, 2.05) is 30.3 Å². The van der Waals surface area contributed by atoms with Gasteiger partial charge in [0.25, 0.3) is 0 Å². The Hall–Kier alpha value is -1.87. The summed E-state index contributed by atoms with van der Waals surface area (Å²) in [5, 5.41) is 1.84. The highest BCUT2D eigenvalue weighted by Crippen LogP contribution is 2.28. The largest absolute Gasteiger partial charge is 0.439 e. The number of pyridine rings is 1. The Bertz CT molecular complexity index is 753. The summed E-state index contributed by atoms with van der Waals surface area (Å²) in [6, 6.07) is 18.4. The van der Waals surface area contributed by atoms with Gasteiger partial charge in [0.15, 0.2) is 0 Å². The SMILES string of the molecule is CCc1ccc(Oc2nc3ccccc3cc2CBr)cc1. The Kier molecular flexibility index (Phi) is 4.20. The second kappa shape index (κ2) is 6.27. The molecule has 0 spiro atoms. The van der Waals surface area contributed by atoms with E-state index >= 15 is 0 Å². The van der Waals surface area contributed by atoms with Crippen molar-refractivity contribution < 1.29 is 4.74 Å². The van der Waals surface area contributed by atoms with Gasteiger partial charge in [-0.1, -0.05) is 53.2 Å². The van der Waals surface area contributed by atoms with Gasteiger partial charge < -0.3 is 4.74 Å². The van der Waals surface area contributed by atoms with Crippen molar-refractivity contribution in [3.63, 3.8) is 0 Å². The third-order valence-electron chi connectivity index (χ3n) is 3.45. The van der Waals surface area contributed by atoms with E-state index in [1.54, 1.807) is 0 Å². The number of rotatable bonds is 4. The van der Waals surface area contributed by atoms with Crippen LogP contribution in [-0.4, -0.2) is 4.98 Å². The van der Waals surface area contributed by atoms with Gasteiger partial charge in [-0.25, -0.2) is 4.98 Å². The van der Waals surface area contributed by atoms with Crippen molar-refractivity contribution in [1.29, 1.82) is 0 Å². The molecule has 0 amide bonds. The molecule has 3 heteroatoms. The van der Waals surface area contributed by atoms with Gasteiger partial charge >= 0.3 is 0 Å². The molecule has 0 aliphatic heterocycles. The quantitative estimate of drug-likeness (QED) is 0.586. The van der Waals surface area contributed by atoms with Crippen LogP contribution in [0.25, 0.3) is 10.9 Å². The van der Waals surface area contributed by atoms with Crippen LogP contribution in [-0.2, 0) is 11.8 Å². The number of hydrogen-bond acceptors (Lipinski definition) is 2. The van der Waals surface area contributed by atoms with E-state index in [9.17, 15) is 0 Å². The van der Waals surface area contributed by atoms with E-state index in [1.165, 1.54) is 5.56 Å². The molecule has 0 aliphatic carbocycles. The predicted octanol–water partition coefficient (Wildman–Crippen LogP) is 5.48. The lowest BCUT2D eigenvalue weighted by atomic mass is 10.1. The molecular weight excluding hydrogens is 326 g/mol. The molecule has 0 saturated carbocycles. The zero-order valence-corrected chi connectivity index (χ0v) is 13.4. The zero-order chi connectivity index (χ0) is 14.7. The van der Waals surface area contributed by atoms with Crippen molar-refractivity contribution in [2.75, 3.05) is 0 Å². The van der Waals surface area contributed by atoms with Gasteiger partial charge in [0, 0.05) is 16.3 Å². The first-order valence-corrected chi connectivity index (χ1v) is 8.13. The Morgan fingerprint density at radius 3 is 2.52 bits per heavy atom. The van der Waals surface area contributed by atoms with Crippen molar-refractivity contribution in [3.8, 4) is 11.6 Å². The van der Waals surface area contributed by atoms with Crippen LogP contribution >= 0.6 is 15.9 Å². The standard InChI is InChI=1S/C18H16BrNO/c1-2-13-7-9-16(10-8-13)21-18-15(12-19)11-14-5-3-4-6-17(14)20-18/h3-11H,2,12H2,1H3. The molecule has 1 heterocycles. The van der Waals surface area contributed by atoms with Crippen LogP contribution in [0.1, 0.15) is 18.1 Å². The molecule has 2 aromatic carbocycles. The monoisotopic (exact) mass is 341 g/mol. The summed E-state index contributed by atoms with van der Waals surface area (Å²) >= 11 is 3.51. The molecule has 0 radical (unpaired) electrons. The summed E-state index contributed by atoms with van der Waals surface area (Å²) in [7, 11) is 0. The molecule has 0 bridgehead atoms. The smallest absolute Gasteiger partial charge is 0.223 e. The van der Waals surface area contributed by atoms with Gasteiger partial charge in [-0.2, -0.15) is 0 Å². The lowest BCUT2D eigenvalue weighted by Crippen LogP contribution is -1.94. The molecule has 1 aromatic heterocycles. The van der Waals surface area contributed by atoms with Gasteiger partial charge in [-0.15, -0.1) is 0 Å². The first-order chi connectivity index (χ1) is 10.3. The second-order valence-corrected chi connectivity index (χ2v) is 5.44. The van der Waals surface area contributed by atoms with Crippen LogP contribution in [0.5, 0.6) is 11.6 Å². The van der Waals surface area contributed by atoms with Crippen LogP contribution in [0, 0.1) is 0 Å². The maximum Gasteiger partial charge on any atom is 0.223 e. The summed E-state index contributed by atoms with van der Waals surface area (Å²) in [5.74, 6) is 1.48. The number of aryl methyl sites for hydroxylation is 1. The highest BCUT2D eigenvalue weighted by molar-refractivity contribution is 9.08. The maximum absolute atomic E-state index is 5.97. The van der Waals surface area contributed by atoms with Crippen molar-refractivity contribution in [3.05, 3.63) is 65.7 Å². The molecule has 0 aliphatic rings. The third kappa shape index (κ3) is 3.08. The Morgan fingerprint density at radius 1 is 1.05 bits per heavy atom. The van der Waals surface area contributed by atoms with Gasteiger partial charge in [-0.05, 0) is 36.2 Å². The number of para-hydroxylation sites is 1. The number of aromatic nitrogens is 1. The zero-order valence-electron chi connectivity index (χ0n) is 11.8. The highest BCUT2D eigenvalue weighted by atomic mass is 79.9. The van der Waals surface area contributed by atoms with Gasteiger partial charge in [-0.3, -0.25) is 0 Å². The number of hydrogen-bond donors (Lipinski definition) is 0. The molecule has 0 saturated heterocycles. The van der Waals surface area contributed by atoms with Crippen LogP contribution in [0.4, 0.5) is 0 Å². The van der Waals surface area contributed by atoms with Gasteiger partial charge in [0.1, 0.15) is 5.75 Å². The van der Waals surface area contributed by atoms with Crippen LogP contribution in [0.15, 0.2) is 54.6 Å². The van der Waals surface area contributed by atoms with Gasteiger partial charge in [0.05, 0.1) is 5.52 Å². The average Bonchev–Trinajstić information content (AvgIpc) is 2.55. The summed E-state index contributed by atoms with van der Waals surface area (Å²) in [4.78, 5) is 4.63. The van der Waals surface area contributed by atoms with Crippen molar-refractivity contribution in [2.45, 2.75) is 18.7 Å². The Labute approximate surface area is 132 Å². The van der Waals surface area contributed by atoms with Crippen molar-refractivity contribution in [1.82, 2.24) is 4.98 Å². The van der Waals surface area contributed by atoms with E-state index in [0.29, 0.717) is 11.2 Å². The lowest BCUT2D eigenvalue weighted by molar-refractivity contribution is 0.460. The van der Waals surface area contributed by atoms with Crippen molar-refractivity contribution in [2.24, 2.45) is 0 Å². The fraction of sp³-hybridized carbons (Fsp3) is 0.167. The number of ether oxygens (including phenoxy) is 1. The fourth-order valence-corrected chi connectivity index (χ4v) is 2.63. The van der Waals surface area contributed by atoms with E-state index < -0.39 is 0 Å². The van der Waals surface area contributed by atoms with Gasteiger partial charge in [0.2, 0.25) is 5.88 Å². The molecule has 3 rings (SSSR count). The number of halogens is 1. The predicted molar refractivity (Wildman–Crippen MR) is 90.3 cm³/mol. The number of alkyl halides is 1. The molecular formula is C18H16BrNO. The van der Waals surface area contributed by atoms with Crippen LogP contribution < -0.4 is 4.74 Å². The topological polar surface area (TPSA) is 22.1 Å². The molecule has 0 atom stereocenters. The first kappa shape index (κ1) is 14.1. The first-order valence-electron chi connectivity index (χ1n) is 7.01. The summed E-state index contributed by atoms with van der Waals surface area (Å²) in [6.45, 7) is 2.14. The fourth-order valence-electron chi connectivity index (χ4n) is 2.23. The molecule has 2 nitrogen and oxygen atoms in total. The Morgan fingerprint density at radius 2 is 1.81 bits per heavy atom. The van der Waals surface area contributed by atoms with Crippen LogP contribution in [0.3, 0.4) is 0 Å². The summed E-state index contributed by atoms with van der Waals surface area (Å²) in [6.07, 6.45) is 1.03. The molecule has 3 aromatic rings. The molecule has 106 valence electrons.